The molecule has 0 amide bonds. The lowest BCUT2D eigenvalue weighted by molar-refractivity contribution is 0.0911. The van der Waals surface area contributed by atoms with Crippen LogP contribution in [0.3, 0.4) is 0 Å². The highest BCUT2D eigenvalue weighted by molar-refractivity contribution is 9.10. The van der Waals surface area contributed by atoms with Crippen molar-refractivity contribution >= 4 is 27.5 Å². The van der Waals surface area contributed by atoms with Crippen LogP contribution in [0, 0.1) is 5.92 Å². The van der Waals surface area contributed by atoms with Gasteiger partial charge in [0.25, 0.3) is 0 Å². The summed E-state index contributed by atoms with van der Waals surface area (Å²) in [5.41, 5.74) is 8.58. The minimum atomic E-state index is 0.0326. The largest absolute Gasteiger partial charge is 0.483 e. The van der Waals surface area contributed by atoms with Crippen LogP contribution in [0.15, 0.2) is 46.9 Å². The molecule has 25 heavy (non-hydrogen) atoms. The summed E-state index contributed by atoms with van der Waals surface area (Å²) < 4.78 is 7.40. The second-order valence-electron chi connectivity index (χ2n) is 6.97. The highest BCUT2D eigenvalue weighted by Crippen LogP contribution is 2.41. The van der Waals surface area contributed by atoms with Crippen LogP contribution in [0.1, 0.15) is 23.7 Å². The van der Waals surface area contributed by atoms with Gasteiger partial charge in [-0.15, -0.1) is 0 Å². The van der Waals surface area contributed by atoms with Gasteiger partial charge in [-0.1, -0.05) is 35.9 Å². The normalized spacial score (nSPS) is 26.0. The molecule has 0 aromatic heterocycles. The molecule has 0 spiro atoms. The number of nitrogens with zero attached hydrogens (tertiary/aromatic N) is 1. The molecule has 1 aliphatic heterocycles. The van der Waals surface area contributed by atoms with Crippen molar-refractivity contribution in [3.8, 4) is 5.75 Å². The molecule has 0 bridgehead atoms. The standard InChI is InChI=1S/C20H22BrClN2O/c21-17-10-15(22)5-6-19(17)25-20-16-4-2-1-3-14(16)9-18(20)24-8-7-13(11-23)12-24/h1-6,10,13,18,20H,7-9,11-12,23H2/t13-,18-,20-/m1/s1. The maximum Gasteiger partial charge on any atom is 0.140 e. The molecule has 1 fully saturated rings. The summed E-state index contributed by atoms with van der Waals surface area (Å²) in [5.74, 6) is 1.44. The van der Waals surface area contributed by atoms with Crippen LogP contribution in [-0.2, 0) is 6.42 Å². The molecular formula is C20H22BrClN2O. The number of fused-ring (bicyclic) bond motifs is 1. The van der Waals surface area contributed by atoms with Crippen LogP contribution in [-0.4, -0.2) is 30.6 Å². The van der Waals surface area contributed by atoms with Crippen molar-refractivity contribution in [1.82, 2.24) is 4.90 Å². The molecule has 2 N–H and O–H groups in total. The summed E-state index contributed by atoms with van der Waals surface area (Å²) in [5, 5.41) is 0.702. The molecule has 4 rings (SSSR count). The minimum Gasteiger partial charge on any atom is -0.483 e. The van der Waals surface area contributed by atoms with E-state index < -0.39 is 0 Å². The number of halogens is 2. The minimum absolute atomic E-state index is 0.0326. The van der Waals surface area contributed by atoms with Crippen molar-refractivity contribution in [2.24, 2.45) is 11.7 Å². The smallest absolute Gasteiger partial charge is 0.140 e. The van der Waals surface area contributed by atoms with Crippen molar-refractivity contribution in [3.05, 3.63) is 63.1 Å². The number of hydrogen-bond donors (Lipinski definition) is 1. The number of rotatable bonds is 4. The van der Waals surface area contributed by atoms with E-state index in [1.165, 1.54) is 17.5 Å². The summed E-state index contributed by atoms with van der Waals surface area (Å²) in [6.45, 7) is 2.93. The summed E-state index contributed by atoms with van der Waals surface area (Å²) in [7, 11) is 0. The Hall–Kier alpha value is -1.07. The first-order valence-electron chi connectivity index (χ1n) is 8.79. The highest BCUT2D eigenvalue weighted by Gasteiger charge is 2.40. The van der Waals surface area contributed by atoms with Gasteiger partial charge in [0.1, 0.15) is 11.9 Å². The van der Waals surface area contributed by atoms with Gasteiger partial charge in [-0.05, 0) is 77.1 Å². The van der Waals surface area contributed by atoms with Gasteiger partial charge in [-0.3, -0.25) is 4.90 Å². The van der Waals surface area contributed by atoms with Crippen molar-refractivity contribution in [3.63, 3.8) is 0 Å². The van der Waals surface area contributed by atoms with Crippen LogP contribution in [0.2, 0.25) is 5.02 Å². The van der Waals surface area contributed by atoms with Crippen molar-refractivity contribution < 1.29 is 4.74 Å². The average molecular weight is 422 g/mol. The highest BCUT2D eigenvalue weighted by atomic mass is 79.9. The van der Waals surface area contributed by atoms with Crippen LogP contribution < -0.4 is 10.5 Å². The zero-order chi connectivity index (χ0) is 17.4. The third kappa shape index (κ3) is 3.45. The van der Waals surface area contributed by atoms with E-state index in [1.807, 2.05) is 18.2 Å². The van der Waals surface area contributed by atoms with Gasteiger partial charge in [-0.25, -0.2) is 0 Å². The molecule has 0 radical (unpaired) electrons. The Labute approximate surface area is 162 Å². The molecular weight excluding hydrogens is 400 g/mol. The zero-order valence-electron chi connectivity index (χ0n) is 14.0. The Bertz CT molecular complexity index is 769. The van der Waals surface area contributed by atoms with Crippen LogP contribution in [0.25, 0.3) is 0 Å². The van der Waals surface area contributed by atoms with Crippen molar-refractivity contribution in [2.45, 2.75) is 25.0 Å². The monoisotopic (exact) mass is 420 g/mol. The number of likely N-dealkylation sites (tertiary alicyclic amines) is 1. The SMILES string of the molecule is NC[C@H]1CCN([C@@H]2Cc3ccccc3[C@H]2Oc2ccc(Cl)cc2Br)C1. The zero-order valence-corrected chi connectivity index (χ0v) is 16.3. The molecule has 1 aliphatic carbocycles. The molecule has 2 aliphatic rings. The Morgan fingerprint density at radius 2 is 2.08 bits per heavy atom. The van der Waals surface area contributed by atoms with Gasteiger partial charge < -0.3 is 10.5 Å². The lowest BCUT2D eigenvalue weighted by Crippen LogP contribution is -2.39. The van der Waals surface area contributed by atoms with Crippen LogP contribution in [0.4, 0.5) is 0 Å². The molecule has 3 atom stereocenters. The molecule has 1 heterocycles. The average Bonchev–Trinajstić information content (AvgIpc) is 3.22. The molecule has 1 saturated heterocycles. The van der Waals surface area contributed by atoms with E-state index in [2.05, 4.69) is 45.1 Å². The first-order chi connectivity index (χ1) is 12.2. The first kappa shape index (κ1) is 17.3. The molecule has 2 aromatic rings. The predicted molar refractivity (Wildman–Crippen MR) is 105 cm³/mol. The maximum atomic E-state index is 6.50. The molecule has 5 heteroatoms. The lowest BCUT2D eigenvalue weighted by Gasteiger charge is -2.30. The summed E-state index contributed by atoms with van der Waals surface area (Å²) in [6, 6.07) is 14.7. The number of ether oxygens (including phenoxy) is 1. The predicted octanol–water partition coefficient (Wildman–Crippen LogP) is 4.43. The van der Waals surface area contributed by atoms with Gasteiger partial charge >= 0.3 is 0 Å². The van der Waals surface area contributed by atoms with E-state index in [4.69, 9.17) is 22.1 Å². The lowest BCUT2D eigenvalue weighted by atomic mass is 10.1. The second kappa shape index (κ2) is 7.28. The Kier molecular flexibility index (Phi) is 5.05. The van der Waals surface area contributed by atoms with E-state index >= 15 is 0 Å². The number of benzene rings is 2. The molecule has 0 saturated carbocycles. The van der Waals surface area contributed by atoms with Gasteiger partial charge in [0.2, 0.25) is 0 Å². The third-order valence-corrected chi connectivity index (χ3v) is 6.26. The Morgan fingerprint density at radius 3 is 2.84 bits per heavy atom. The van der Waals surface area contributed by atoms with Crippen LogP contribution >= 0.6 is 27.5 Å². The van der Waals surface area contributed by atoms with Gasteiger partial charge in [0.15, 0.2) is 0 Å². The van der Waals surface area contributed by atoms with E-state index in [-0.39, 0.29) is 6.10 Å². The van der Waals surface area contributed by atoms with Crippen molar-refractivity contribution in [1.29, 1.82) is 0 Å². The van der Waals surface area contributed by atoms with Gasteiger partial charge in [0, 0.05) is 11.6 Å². The fourth-order valence-electron chi connectivity index (χ4n) is 4.06. The number of nitrogens with two attached hydrogens (primary N) is 1. The summed E-state index contributed by atoms with van der Waals surface area (Å²) in [4.78, 5) is 2.56. The second-order valence-corrected chi connectivity index (χ2v) is 8.26. The van der Waals surface area contributed by atoms with Crippen LogP contribution in [0.5, 0.6) is 5.75 Å². The topological polar surface area (TPSA) is 38.5 Å². The summed E-state index contributed by atoms with van der Waals surface area (Å²) >= 11 is 9.65. The van der Waals surface area contributed by atoms with E-state index in [9.17, 15) is 0 Å². The molecule has 132 valence electrons. The fraction of sp³-hybridized carbons (Fsp3) is 0.400. The quantitative estimate of drug-likeness (QED) is 0.794. The first-order valence-corrected chi connectivity index (χ1v) is 9.96. The van der Waals surface area contributed by atoms with Crippen molar-refractivity contribution in [2.75, 3.05) is 19.6 Å². The molecule has 2 aromatic carbocycles. The summed E-state index contributed by atoms with van der Waals surface area (Å²) in [6.07, 6.45) is 2.24. The van der Waals surface area contributed by atoms with E-state index in [1.54, 1.807) is 0 Å². The van der Waals surface area contributed by atoms with Gasteiger partial charge in [-0.2, -0.15) is 0 Å². The fourth-order valence-corrected chi connectivity index (χ4v) is 4.84. The van der Waals surface area contributed by atoms with E-state index in [0.29, 0.717) is 17.0 Å². The van der Waals surface area contributed by atoms with E-state index in [0.717, 1.165) is 36.3 Å². The molecule has 0 unspecified atom stereocenters. The van der Waals surface area contributed by atoms with Gasteiger partial charge in [0.05, 0.1) is 10.5 Å². The Balaban J connectivity index is 1.63. The number of hydrogen-bond acceptors (Lipinski definition) is 3. The maximum absolute atomic E-state index is 6.50. The Morgan fingerprint density at radius 1 is 1.24 bits per heavy atom. The molecule has 3 nitrogen and oxygen atoms in total. The third-order valence-electron chi connectivity index (χ3n) is 5.41.